The first-order valence-electron chi connectivity index (χ1n) is 8.14. The molecule has 0 aliphatic heterocycles. The van der Waals surface area contributed by atoms with Gasteiger partial charge in [-0.1, -0.05) is 17.5 Å². The number of hydrogen-bond acceptors (Lipinski definition) is 5. The Hall–Kier alpha value is -3.24. The van der Waals surface area contributed by atoms with Crippen molar-refractivity contribution >= 4 is 34.6 Å². The number of methoxy groups -OCH3 is 1. The molecule has 0 atom stereocenters. The fourth-order valence-corrected chi connectivity index (χ4v) is 2.79. The van der Waals surface area contributed by atoms with Crippen molar-refractivity contribution in [2.75, 3.05) is 12.4 Å². The van der Waals surface area contributed by atoms with Crippen LogP contribution in [0.3, 0.4) is 0 Å². The quantitative estimate of drug-likeness (QED) is 0.447. The molecule has 138 valence electrons. The van der Waals surface area contributed by atoms with Gasteiger partial charge in [-0.3, -0.25) is 14.9 Å². The molecule has 0 unspecified atom stereocenters. The molecule has 2 N–H and O–H groups in total. The Morgan fingerprint density at radius 3 is 2.67 bits per heavy atom. The number of amides is 1. The second-order valence-corrected chi connectivity index (χ2v) is 6.42. The summed E-state index contributed by atoms with van der Waals surface area (Å²) in [5.74, 6) is 2.08. The van der Waals surface area contributed by atoms with Crippen molar-refractivity contribution in [1.29, 1.82) is 0 Å². The third-order valence-corrected chi connectivity index (χ3v) is 4.40. The molecule has 0 radical (unpaired) electrons. The summed E-state index contributed by atoms with van der Waals surface area (Å²) in [5, 5.41) is 17.5. The Balaban J connectivity index is 2.09. The lowest BCUT2D eigenvalue weighted by Gasteiger charge is -2.17. The summed E-state index contributed by atoms with van der Waals surface area (Å²) in [6.45, 7) is 0. The van der Waals surface area contributed by atoms with Gasteiger partial charge < -0.3 is 15.4 Å². The summed E-state index contributed by atoms with van der Waals surface area (Å²) < 4.78 is 5.25. The van der Waals surface area contributed by atoms with Crippen molar-refractivity contribution in [3.8, 4) is 18.1 Å². The number of rotatable bonds is 6. The van der Waals surface area contributed by atoms with E-state index >= 15 is 0 Å². The maximum absolute atomic E-state index is 12.6. The second kappa shape index (κ2) is 7.56. The number of nitrogens with zero attached hydrogens (tertiary/aromatic N) is 1. The number of carbonyl (C=O) groups is 1. The maximum Gasteiger partial charge on any atom is 0.313 e. The summed E-state index contributed by atoms with van der Waals surface area (Å²) in [4.78, 5) is 23.4. The predicted octanol–water partition coefficient (Wildman–Crippen LogP) is 3.87. The first-order chi connectivity index (χ1) is 12.9. The van der Waals surface area contributed by atoms with Gasteiger partial charge in [0.25, 0.3) is 5.91 Å². The van der Waals surface area contributed by atoms with Crippen LogP contribution in [0.15, 0.2) is 30.3 Å². The number of terminal acetylenes is 1. The number of nitrogens with one attached hydrogen (secondary N) is 2. The van der Waals surface area contributed by atoms with Crippen LogP contribution in [0, 0.1) is 22.5 Å². The van der Waals surface area contributed by atoms with Gasteiger partial charge in [-0.2, -0.15) is 0 Å². The average Bonchev–Trinajstić information content (AvgIpc) is 3.46. The lowest BCUT2D eigenvalue weighted by atomic mass is 10.1. The van der Waals surface area contributed by atoms with Crippen molar-refractivity contribution in [3.63, 3.8) is 0 Å². The normalized spacial score (nSPS) is 12.8. The molecule has 1 fully saturated rings. The Labute approximate surface area is 160 Å². The molecule has 0 aromatic heterocycles. The lowest BCUT2D eigenvalue weighted by molar-refractivity contribution is -0.385. The van der Waals surface area contributed by atoms with Crippen molar-refractivity contribution in [2.24, 2.45) is 0 Å². The molecular formula is C19H16ClN3O4. The SMILES string of the molecule is C#Cc1ccc(Nc2c(C(=O)NC3CC3)ccc([N+](=O)[O-])c2OC)c(Cl)c1. The minimum absolute atomic E-state index is 0.0551. The van der Waals surface area contributed by atoms with Crippen LogP contribution in [-0.2, 0) is 0 Å². The minimum atomic E-state index is -0.574. The maximum atomic E-state index is 12.6. The zero-order valence-corrected chi connectivity index (χ0v) is 15.2. The summed E-state index contributed by atoms with van der Waals surface area (Å²) in [6.07, 6.45) is 7.19. The minimum Gasteiger partial charge on any atom is -0.489 e. The number of ether oxygens (including phenoxy) is 1. The van der Waals surface area contributed by atoms with Gasteiger partial charge in [-0.25, -0.2) is 0 Å². The van der Waals surface area contributed by atoms with Crippen molar-refractivity contribution in [2.45, 2.75) is 18.9 Å². The molecule has 1 aliphatic carbocycles. The van der Waals surface area contributed by atoms with Crippen LogP contribution < -0.4 is 15.4 Å². The lowest BCUT2D eigenvalue weighted by Crippen LogP contribution is -2.26. The van der Waals surface area contributed by atoms with Gasteiger partial charge >= 0.3 is 5.69 Å². The molecule has 3 rings (SSSR count). The van der Waals surface area contributed by atoms with Crippen LogP contribution in [0.4, 0.5) is 17.1 Å². The van der Waals surface area contributed by atoms with Gasteiger partial charge in [0.1, 0.15) is 5.69 Å². The van der Waals surface area contributed by atoms with E-state index in [1.807, 2.05) is 0 Å². The van der Waals surface area contributed by atoms with Crippen LogP contribution in [0.1, 0.15) is 28.8 Å². The molecule has 2 aromatic carbocycles. The topological polar surface area (TPSA) is 93.5 Å². The number of carbonyl (C=O) groups excluding carboxylic acids is 1. The first-order valence-corrected chi connectivity index (χ1v) is 8.51. The van der Waals surface area contributed by atoms with Crippen LogP contribution in [0.2, 0.25) is 5.02 Å². The summed E-state index contributed by atoms with van der Waals surface area (Å²) in [7, 11) is 1.30. The van der Waals surface area contributed by atoms with E-state index in [1.165, 1.54) is 19.2 Å². The van der Waals surface area contributed by atoms with Crippen molar-refractivity contribution < 1.29 is 14.5 Å². The highest BCUT2D eigenvalue weighted by atomic mass is 35.5. The molecule has 0 heterocycles. The molecule has 0 saturated heterocycles. The van der Waals surface area contributed by atoms with Gasteiger partial charge in [0, 0.05) is 17.7 Å². The second-order valence-electron chi connectivity index (χ2n) is 6.01. The smallest absolute Gasteiger partial charge is 0.313 e. The van der Waals surface area contributed by atoms with Crippen LogP contribution in [-0.4, -0.2) is 24.0 Å². The summed E-state index contributed by atoms with van der Waals surface area (Å²) in [6, 6.07) is 7.65. The monoisotopic (exact) mass is 385 g/mol. The molecule has 7 nitrogen and oxygen atoms in total. The molecular weight excluding hydrogens is 370 g/mol. The molecule has 8 heteroatoms. The number of hydrogen-bond donors (Lipinski definition) is 2. The Morgan fingerprint density at radius 2 is 2.11 bits per heavy atom. The molecule has 1 amide bonds. The number of anilines is 2. The molecule has 0 spiro atoms. The Kier molecular flexibility index (Phi) is 5.19. The zero-order valence-electron chi connectivity index (χ0n) is 14.4. The average molecular weight is 386 g/mol. The van der Waals surface area contributed by atoms with Gasteiger partial charge in [-0.05, 0) is 37.1 Å². The van der Waals surface area contributed by atoms with Gasteiger partial charge in [0.15, 0.2) is 0 Å². The standard InChI is InChI=1S/C19H16ClN3O4/c1-3-11-4-8-15(14(20)10-11)22-17-13(19(24)21-12-5-6-12)7-9-16(23(25)26)18(17)27-2/h1,4,7-10,12,22H,5-6H2,2H3,(H,21,24). The molecule has 1 saturated carbocycles. The van der Waals surface area contributed by atoms with E-state index in [1.54, 1.807) is 18.2 Å². The van der Waals surface area contributed by atoms with E-state index in [2.05, 4.69) is 16.6 Å². The third-order valence-electron chi connectivity index (χ3n) is 4.09. The Bertz CT molecular complexity index is 964. The highest BCUT2D eigenvalue weighted by Gasteiger charge is 2.29. The van der Waals surface area contributed by atoms with E-state index in [9.17, 15) is 14.9 Å². The van der Waals surface area contributed by atoms with Crippen LogP contribution in [0.25, 0.3) is 0 Å². The largest absolute Gasteiger partial charge is 0.489 e. The molecule has 27 heavy (non-hydrogen) atoms. The first kappa shape index (κ1) is 18.5. The Morgan fingerprint density at radius 1 is 1.37 bits per heavy atom. The zero-order chi connectivity index (χ0) is 19.6. The van der Waals surface area contributed by atoms with Gasteiger partial charge in [-0.15, -0.1) is 6.42 Å². The van der Waals surface area contributed by atoms with Crippen LogP contribution in [0.5, 0.6) is 5.75 Å². The highest BCUT2D eigenvalue weighted by Crippen LogP contribution is 2.41. The van der Waals surface area contributed by atoms with Gasteiger partial charge in [0.2, 0.25) is 5.75 Å². The number of nitro benzene ring substituents is 1. The highest BCUT2D eigenvalue weighted by molar-refractivity contribution is 6.33. The van der Waals surface area contributed by atoms with Crippen molar-refractivity contribution in [1.82, 2.24) is 5.32 Å². The third kappa shape index (κ3) is 3.96. The summed E-state index contributed by atoms with van der Waals surface area (Å²) >= 11 is 6.25. The summed E-state index contributed by atoms with van der Waals surface area (Å²) in [5.41, 5.74) is 1.15. The van der Waals surface area contributed by atoms with E-state index in [-0.39, 0.29) is 34.6 Å². The van der Waals surface area contributed by atoms with Gasteiger partial charge in [0.05, 0.1) is 28.3 Å². The molecule has 0 bridgehead atoms. The molecule has 1 aliphatic rings. The van der Waals surface area contributed by atoms with E-state index in [0.717, 1.165) is 12.8 Å². The number of benzene rings is 2. The fourth-order valence-electron chi connectivity index (χ4n) is 2.57. The fraction of sp³-hybridized carbons (Fsp3) is 0.211. The predicted molar refractivity (Wildman–Crippen MR) is 103 cm³/mol. The van der Waals surface area contributed by atoms with E-state index < -0.39 is 4.92 Å². The van der Waals surface area contributed by atoms with Crippen molar-refractivity contribution in [3.05, 3.63) is 56.6 Å². The van der Waals surface area contributed by atoms with E-state index in [0.29, 0.717) is 16.3 Å². The van der Waals surface area contributed by atoms with Crippen LogP contribution >= 0.6 is 11.6 Å². The molecule has 2 aromatic rings. The van der Waals surface area contributed by atoms with E-state index in [4.69, 9.17) is 22.8 Å². The number of nitro groups is 1. The number of halogens is 1.